The van der Waals surface area contributed by atoms with Crippen LogP contribution in [-0.4, -0.2) is 15.9 Å². The lowest BCUT2D eigenvalue weighted by molar-refractivity contribution is 0.102. The summed E-state index contributed by atoms with van der Waals surface area (Å²) >= 11 is 11.9. The Labute approximate surface area is 161 Å². The number of aryl methyl sites for hydroxylation is 1. The van der Waals surface area contributed by atoms with E-state index in [1.807, 2.05) is 31.2 Å². The molecule has 0 radical (unpaired) electrons. The molecule has 0 bridgehead atoms. The number of halogens is 2. The molecule has 7 heteroatoms. The number of nitrogens with one attached hydrogen (secondary N) is 2. The summed E-state index contributed by atoms with van der Waals surface area (Å²) in [7, 11) is 0. The molecule has 0 saturated carbocycles. The average Bonchev–Trinajstić information content (AvgIpc) is 2.64. The highest BCUT2D eigenvalue weighted by atomic mass is 35.5. The van der Waals surface area contributed by atoms with E-state index in [1.54, 1.807) is 18.2 Å². The molecule has 1 aromatic heterocycles. The number of benzene rings is 2. The molecule has 0 spiro atoms. The van der Waals surface area contributed by atoms with Crippen molar-refractivity contribution in [2.75, 3.05) is 10.6 Å². The van der Waals surface area contributed by atoms with Gasteiger partial charge in [0.25, 0.3) is 5.91 Å². The van der Waals surface area contributed by atoms with Crippen LogP contribution >= 0.6 is 23.2 Å². The Hall–Kier alpha value is -2.63. The van der Waals surface area contributed by atoms with Crippen LogP contribution in [0.25, 0.3) is 0 Å². The predicted octanol–water partition coefficient (Wildman–Crippen LogP) is 4.96. The van der Waals surface area contributed by atoms with Gasteiger partial charge < -0.3 is 10.6 Å². The number of nitrogens with zero attached hydrogens (tertiary/aromatic N) is 2. The molecule has 0 aliphatic heterocycles. The van der Waals surface area contributed by atoms with Gasteiger partial charge in [0.2, 0.25) is 5.95 Å². The second-order valence-electron chi connectivity index (χ2n) is 5.65. The SMILES string of the molecule is Cc1ccccc1CNc1ncc(C(=O)Nc2ccc(Cl)cc2Cl)cn1. The quantitative estimate of drug-likeness (QED) is 0.650. The molecule has 1 heterocycles. The number of hydrogen-bond donors (Lipinski definition) is 2. The van der Waals surface area contributed by atoms with Gasteiger partial charge in [0, 0.05) is 24.0 Å². The zero-order valence-corrected chi connectivity index (χ0v) is 15.5. The van der Waals surface area contributed by atoms with E-state index >= 15 is 0 Å². The number of aromatic nitrogens is 2. The summed E-state index contributed by atoms with van der Waals surface area (Å²) in [4.78, 5) is 20.7. The third-order valence-corrected chi connectivity index (χ3v) is 4.34. The molecule has 2 aromatic carbocycles. The minimum atomic E-state index is -0.348. The van der Waals surface area contributed by atoms with Crippen molar-refractivity contribution in [3.63, 3.8) is 0 Å². The van der Waals surface area contributed by atoms with Gasteiger partial charge in [0.05, 0.1) is 16.3 Å². The Kier molecular flexibility index (Phi) is 5.71. The van der Waals surface area contributed by atoms with Gasteiger partial charge in [-0.1, -0.05) is 47.5 Å². The molecule has 1 amide bonds. The lowest BCUT2D eigenvalue weighted by Gasteiger charge is -2.09. The molecule has 26 heavy (non-hydrogen) atoms. The molecular formula is C19H16Cl2N4O. The van der Waals surface area contributed by atoms with E-state index in [2.05, 4.69) is 20.6 Å². The number of hydrogen-bond acceptors (Lipinski definition) is 4. The molecular weight excluding hydrogens is 371 g/mol. The molecule has 3 rings (SSSR count). The number of amides is 1. The first-order valence-electron chi connectivity index (χ1n) is 7.90. The molecule has 5 nitrogen and oxygen atoms in total. The fraction of sp³-hybridized carbons (Fsp3) is 0.105. The van der Waals surface area contributed by atoms with Gasteiger partial charge in [0.1, 0.15) is 0 Å². The third-order valence-electron chi connectivity index (χ3n) is 3.79. The van der Waals surface area contributed by atoms with Crippen LogP contribution in [-0.2, 0) is 6.54 Å². The summed E-state index contributed by atoms with van der Waals surface area (Å²) in [6, 6.07) is 12.9. The summed E-state index contributed by atoms with van der Waals surface area (Å²) < 4.78 is 0. The largest absolute Gasteiger partial charge is 0.350 e. The van der Waals surface area contributed by atoms with Crippen LogP contribution in [0.15, 0.2) is 54.9 Å². The third kappa shape index (κ3) is 4.50. The Morgan fingerprint density at radius 2 is 1.81 bits per heavy atom. The number of rotatable bonds is 5. The molecule has 0 saturated heterocycles. The Bertz CT molecular complexity index is 929. The van der Waals surface area contributed by atoms with E-state index in [0.29, 0.717) is 33.8 Å². The maximum absolute atomic E-state index is 12.3. The average molecular weight is 387 g/mol. The highest BCUT2D eigenvalue weighted by Gasteiger charge is 2.10. The second-order valence-corrected chi connectivity index (χ2v) is 6.50. The maximum Gasteiger partial charge on any atom is 0.258 e. The first kappa shape index (κ1) is 18.2. The van der Waals surface area contributed by atoms with Crippen LogP contribution < -0.4 is 10.6 Å². The van der Waals surface area contributed by atoms with Gasteiger partial charge in [-0.25, -0.2) is 9.97 Å². The van der Waals surface area contributed by atoms with Gasteiger partial charge in [-0.05, 0) is 36.2 Å². The van der Waals surface area contributed by atoms with E-state index in [9.17, 15) is 4.79 Å². The minimum Gasteiger partial charge on any atom is -0.350 e. The van der Waals surface area contributed by atoms with Crippen molar-refractivity contribution < 1.29 is 4.79 Å². The van der Waals surface area contributed by atoms with Crippen molar-refractivity contribution in [2.24, 2.45) is 0 Å². The first-order chi connectivity index (χ1) is 12.5. The van der Waals surface area contributed by atoms with E-state index < -0.39 is 0 Å². The molecule has 0 atom stereocenters. The molecule has 3 aromatic rings. The molecule has 0 fully saturated rings. The second kappa shape index (κ2) is 8.17. The normalized spacial score (nSPS) is 10.4. The van der Waals surface area contributed by atoms with Crippen molar-refractivity contribution in [3.8, 4) is 0 Å². The van der Waals surface area contributed by atoms with Crippen molar-refractivity contribution in [1.82, 2.24) is 9.97 Å². The summed E-state index contributed by atoms with van der Waals surface area (Å²) in [5.74, 6) is 0.106. The van der Waals surface area contributed by atoms with Crippen LogP contribution in [0.2, 0.25) is 10.0 Å². The Morgan fingerprint density at radius 3 is 2.50 bits per heavy atom. The lowest BCUT2D eigenvalue weighted by Crippen LogP contribution is -2.14. The van der Waals surface area contributed by atoms with Crippen molar-refractivity contribution in [2.45, 2.75) is 13.5 Å². The van der Waals surface area contributed by atoms with E-state index in [-0.39, 0.29) is 5.91 Å². The van der Waals surface area contributed by atoms with E-state index in [4.69, 9.17) is 23.2 Å². The number of carbonyl (C=O) groups excluding carboxylic acids is 1. The zero-order chi connectivity index (χ0) is 18.5. The molecule has 0 aliphatic carbocycles. The smallest absolute Gasteiger partial charge is 0.258 e. The van der Waals surface area contributed by atoms with Gasteiger partial charge in [0.15, 0.2) is 0 Å². The highest BCUT2D eigenvalue weighted by Crippen LogP contribution is 2.25. The van der Waals surface area contributed by atoms with Crippen LogP contribution in [0.3, 0.4) is 0 Å². The molecule has 0 unspecified atom stereocenters. The van der Waals surface area contributed by atoms with E-state index in [0.717, 1.165) is 5.56 Å². The van der Waals surface area contributed by atoms with Gasteiger partial charge in [-0.15, -0.1) is 0 Å². The number of anilines is 2. The van der Waals surface area contributed by atoms with E-state index in [1.165, 1.54) is 18.0 Å². The molecule has 0 aliphatic rings. The molecule has 132 valence electrons. The fourth-order valence-electron chi connectivity index (χ4n) is 2.30. The topological polar surface area (TPSA) is 66.9 Å². The standard InChI is InChI=1S/C19H16Cl2N4O/c1-12-4-2-3-5-13(12)9-22-19-23-10-14(11-24-19)18(26)25-17-7-6-15(20)8-16(17)21/h2-8,10-11H,9H2,1H3,(H,25,26)(H,22,23,24). The van der Waals surface area contributed by atoms with Gasteiger partial charge >= 0.3 is 0 Å². The van der Waals surface area contributed by atoms with Crippen LogP contribution in [0.5, 0.6) is 0 Å². The maximum atomic E-state index is 12.3. The highest BCUT2D eigenvalue weighted by molar-refractivity contribution is 6.36. The Balaban J connectivity index is 1.63. The van der Waals surface area contributed by atoms with Crippen LogP contribution in [0.1, 0.15) is 21.5 Å². The van der Waals surface area contributed by atoms with Crippen molar-refractivity contribution in [3.05, 3.63) is 81.6 Å². The minimum absolute atomic E-state index is 0.331. The monoisotopic (exact) mass is 386 g/mol. The summed E-state index contributed by atoms with van der Waals surface area (Å²) in [6.45, 7) is 2.66. The van der Waals surface area contributed by atoms with Crippen molar-refractivity contribution in [1.29, 1.82) is 0 Å². The summed E-state index contributed by atoms with van der Waals surface area (Å²) in [5, 5.41) is 6.72. The predicted molar refractivity (Wildman–Crippen MR) is 105 cm³/mol. The number of carbonyl (C=O) groups is 1. The summed E-state index contributed by atoms with van der Waals surface area (Å²) in [6.07, 6.45) is 2.93. The zero-order valence-electron chi connectivity index (χ0n) is 14.0. The lowest BCUT2D eigenvalue weighted by atomic mass is 10.1. The Morgan fingerprint density at radius 1 is 1.08 bits per heavy atom. The van der Waals surface area contributed by atoms with Crippen LogP contribution in [0.4, 0.5) is 11.6 Å². The summed E-state index contributed by atoms with van der Waals surface area (Å²) in [5.41, 5.74) is 3.16. The van der Waals surface area contributed by atoms with Crippen molar-refractivity contribution >= 4 is 40.7 Å². The van der Waals surface area contributed by atoms with Gasteiger partial charge in [-0.3, -0.25) is 4.79 Å². The fourth-order valence-corrected chi connectivity index (χ4v) is 2.76. The van der Waals surface area contributed by atoms with Gasteiger partial charge in [-0.2, -0.15) is 0 Å². The molecule has 2 N–H and O–H groups in total. The first-order valence-corrected chi connectivity index (χ1v) is 8.65. The van der Waals surface area contributed by atoms with Crippen LogP contribution in [0, 0.1) is 6.92 Å².